The van der Waals surface area contributed by atoms with Gasteiger partial charge in [0.05, 0.1) is 6.20 Å². The van der Waals surface area contributed by atoms with E-state index in [1.54, 1.807) is 0 Å². The number of H-pyrrole nitrogens is 1. The summed E-state index contributed by atoms with van der Waals surface area (Å²) in [5.41, 5.74) is 0. The predicted octanol–water partition coefficient (Wildman–Crippen LogP) is 1.36. The Bertz CT molecular complexity index is 485. The number of imidazole rings is 1. The Morgan fingerprint density at radius 2 is 2.41 bits per heavy atom. The molecule has 2 rings (SSSR count). The van der Waals surface area contributed by atoms with Crippen molar-refractivity contribution in [2.45, 2.75) is 36.6 Å². The summed E-state index contributed by atoms with van der Waals surface area (Å²) < 4.78 is 25.9. The maximum Gasteiger partial charge on any atom is 0.260 e. The molecule has 0 aliphatic carbocycles. The largest absolute Gasteiger partial charge is 0.332 e. The molecule has 0 spiro atoms. The molecule has 0 radical (unpaired) electrons. The number of nitrogens with one attached hydrogen (secondary N) is 1. The van der Waals surface area contributed by atoms with Crippen LogP contribution in [-0.4, -0.2) is 41.2 Å². The summed E-state index contributed by atoms with van der Waals surface area (Å²) >= 11 is 6.01. The molecule has 1 unspecified atom stereocenters. The van der Waals surface area contributed by atoms with Crippen LogP contribution in [-0.2, 0) is 16.4 Å². The molecule has 1 aromatic heterocycles. The molecule has 0 bridgehead atoms. The summed E-state index contributed by atoms with van der Waals surface area (Å²) in [5, 5.41) is 0.0761. The SMILES string of the molecule is CCc1ncc(S(=O)(=O)N2CCCC(Cl)C2)[nH]1. The van der Waals surface area contributed by atoms with Gasteiger partial charge in [-0.15, -0.1) is 11.6 Å². The Morgan fingerprint density at radius 3 is 3.00 bits per heavy atom. The molecule has 96 valence electrons. The zero-order valence-electron chi connectivity index (χ0n) is 9.69. The first kappa shape index (κ1) is 12.9. The van der Waals surface area contributed by atoms with Crippen LogP contribution in [0.4, 0.5) is 0 Å². The molecule has 7 heteroatoms. The van der Waals surface area contributed by atoms with Crippen LogP contribution in [0.3, 0.4) is 0 Å². The summed E-state index contributed by atoms with van der Waals surface area (Å²) in [7, 11) is -3.45. The zero-order chi connectivity index (χ0) is 12.5. The lowest BCUT2D eigenvalue weighted by atomic mass is 10.2. The number of aromatic amines is 1. The number of sulfonamides is 1. The normalized spacial score (nSPS) is 22.8. The monoisotopic (exact) mass is 277 g/mol. The van der Waals surface area contributed by atoms with Crippen LogP contribution >= 0.6 is 11.6 Å². The Kier molecular flexibility index (Phi) is 3.75. The lowest BCUT2D eigenvalue weighted by molar-refractivity contribution is 0.349. The molecule has 0 amide bonds. The van der Waals surface area contributed by atoms with Gasteiger partial charge in [-0.1, -0.05) is 6.92 Å². The van der Waals surface area contributed by atoms with Gasteiger partial charge in [-0.05, 0) is 12.8 Å². The third kappa shape index (κ3) is 2.64. The highest BCUT2D eigenvalue weighted by Crippen LogP contribution is 2.21. The minimum absolute atomic E-state index is 0.0907. The summed E-state index contributed by atoms with van der Waals surface area (Å²) in [4.78, 5) is 6.85. The Balaban J connectivity index is 2.23. The van der Waals surface area contributed by atoms with Gasteiger partial charge >= 0.3 is 0 Å². The van der Waals surface area contributed by atoms with Crippen molar-refractivity contribution >= 4 is 21.6 Å². The Morgan fingerprint density at radius 1 is 1.65 bits per heavy atom. The van der Waals surface area contributed by atoms with Crippen molar-refractivity contribution in [2.75, 3.05) is 13.1 Å². The number of aryl methyl sites for hydroxylation is 1. The number of nitrogens with zero attached hydrogens (tertiary/aromatic N) is 2. The molecule has 5 nitrogen and oxygen atoms in total. The first-order valence-corrected chi connectivity index (χ1v) is 7.59. The minimum atomic E-state index is -3.45. The molecule has 1 N–H and O–H groups in total. The second kappa shape index (κ2) is 4.96. The van der Waals surface area contributed by atoms with E-state index in [2.05, 4.69) is 9.97 Å². The summed E-state index contributed by atoms with van der Waals surface area (Å²) in [6.07, 6.45) is 3.75. The van der Waals surface area contributed by atoms with Crippen molar-refractivity contribution in [1.82, 2.24) is 14.3 Å². The first-order valence-electron chi connectivity index (χ1n) is 5.72. The number of alkyl halides is 1. The fourth-order valence-electron chi connectivity index (χ4n) is 1.90. The minimum Gasteiger partial charge on any atom is -0.332 e. The third-order valence-electron chi connectivity index (χ3n) is 2.88. The molecule has 0 saturated carbocycles. The van der Waals surface area contributed by atoms with Gasteiger partial charge in [0.15, 0.2) is 5.03 Å². The Hall–Kier alpha value is -0.590. The molecule has 2 heterocycles. The van der Waals surface area contributed by atoms with Crippen molar-refractivity contribution in [1.29, 1.82) is 0 Å². The highest BCUT2D eigenvalue weighted by atomic mass is 35.5. The van der Waals surface area contributed by atoms with Crippen LogP contribution in [0.1, 0.15) is 25.6 Å². The Labute approximate surface area is 106 Å². The highest BCUT2D eigenvalue weighted by Gasteiger charge is 2.30. The quantitative estimate of drug-likeness (QED) is 0.849. The summed E-state index contributed by atoms with van der Waals surface area (Å²) in [6, 6.07) is 0. The van der Waals surface area contributed by atoms with Crippen molar-refractivity contribution in [3.05, 3.63) is 12.0 Å². The number of rotatable bonds is 3. The molecular weight excluding hydrogens is 262 g/mol. The molecule has 0 aromatic carbocycles. The molecule has 1 aliphatic heterocycles. The van der Waals surface area contributed by atoms with E-state index >= 15 is 0 Å². The molecule has 1 aromatic rings. The molecule has 17 heavy (non-hydrogen) atoms. The van der Waals surface area contributed by atoms with E-state index in [0.717, 1.165) is 12.8 Å². The van der Waals surface area contributed by atoms with Crippen LogP contribution in [0.25, 0.3) is 0 Å². The van der Waals surface area contributed by atoms with Crippen molar-refractivity contribution in [2.24, 2.45) is 0 Å². The van der Waals surface area contributed by atoms with E-state index in [1.165, 1.54) is 10.5 Å². The number of halogens is 1. The van der Waals surface area contributed by atoms with Gasteiger partial charge in [-0.25, -0.2) is 13.4 Å². The van der Waals surface area contributed by atoms with E-state index in [1.807, 2.05) is 6.92 Å². The molecule has 1 aliphatic rings. The fraction of sp³-hybridized carbons (Fsp3) is 0.700. The zero-order valence-corrected chi connectivity index (χ0v) is 11.3. The average molecular weight is 278 g/mol. The summed E-state index contributed by atoms with van der Waals surface area (Å²) in [6.45, 7) is 2.83. The van der Waals surface area contributed by atoms with Crippen molar-refractivity contribution < 1.29 is 8.42 Å². The lowest BCUT2D eigenvalue weighted by Crippen LogP contribution is -2.40. The van der Waals surface area contributed by atoms with Gasteiger partial charge in [0, 0.05) is 24.9 Å². The molecule has 1 atom stereocenters. The fourth-order valence-corrected chi connectivity index (χ4v) is 3.76. The van der Waals surface area contributed by atoms with E-state index in [-0.39, 0.29) is 10.4 Å². The second-order valence-electron chi connectivity index (χ2n) is 4.15. The number of hydrogen-bond donors (Lipinski definition) is 1. The van der Waals surface area contributed by atoms with Crippen LogP contribution in [0.2, 0.25) is 0 Å². The van der Waals surface area contributed by atoms with Gasteiger partial charge < -0.3 is 4.98 Å². The smallest absolute Gasteiger partial charge is 0.260 e. The highest BCUT2D eigenvalue weighted by molar-refractivity contribution is 7.89. The molecule has 1 fully saturated rings. The van der Waals surface area contributed by atoms with Gasteiger partial charge in [0.1, 0.15) is 5.82 Å². The summed E-state index contributed by atoms with van der Waals surface area (Å²) in [5.74, 6) is 0.683. The van der Waals surface area contributed by atoms with Gasteiger partial charge in [-0.2, -0.15) is 4.31 Å². The van der Waals surface area contributed by atoms with Crippen LogP contribution < -0.4 is 0 Å². The molecule has 1 saturated heterocycles. The second-order valence-corrected chi connectivity index (χ2v) is 6.67. The average Bonchev–Trinajstić information content (AvgIpc) is 2.78. The van der Waals surface area contributed by atoms with Crippen LogP contribution in [0.5, 0.6) is 0 Å². The van der Waals surface area contributed by atoms with E-state index in [9.17, 15) is 8.42 Å². The van der Waals surface area contributed by atoms with Crippen molar-refractivity contribution in [3.63, 3.8) is 0 Å². The number of piperidine rings is 1. The first-order chi connectivity index (χ1) is 8.04. The topological polar surface area (TPSA) is 66.1 Å². The van der Waals surface area contributed by atoms with Crippen molar-refractivity contribution in [3.8, 4) is 0 Å². The van der Waals surface area contributed by atoms with E-state index in [4.69, 9.17) is 11.6 Å². The van der Waals surface area contributed by atoms with E-state index in [0.29, 0.717) is 25.3 Å². The lowest BCUT2D eigenvalue weighted by Gasteiger charge is -2.28. The predicted molar refractivity (Wildman–Crippen MR) is 65.6 cm³/mol. The van der Waals surface area contributed by atoms with Crippen LogP contribution in [0.15, 0.2) is 11.2 Å². The number of hydrogen-bond acceptors (Lipinski definition) is 3. The number of aromatic nitrogens is 2. The van der Waals surface area contributed by atoms with Gasteiger partial charge in [0.25, 0.3) is 10.0 Å². The van der Waals surface area contributed by atoms with Crippen LogP contribution in [0, 0.1) is 0 Å². The van der Waals surface area contributed by atoms with E-state index < -0.39 is 10.0 Å². The maximum atomic E-state index is 12.3. The standard InChI is InChI=1S/C10H16ClN3O2S/c1-2-9-12-6-10(13-9)17(15,16)14-5-3-4-8(11)7-14/h6,8H,2-5,7H2,1H3,(H,12,13). The van der Waals surface area contributed by atoms with Gasteiger partial charge in [0.2, 0.25) is 0 Å². The third-order valence-corrected chi connectivity index (χ3v) is 5.02. The maximum absolute atomic E-state index is 12.3. The molecular formula is C10H16ClN3O2S. The van der Waals surface area contributed by atoms with Gasteiger partial charge in [-0.3, -0.25) is 0 Å².